The molecule has 1 N–H and O–H groups in total. The smallest absolute Gasteiger partial charge is 0.114 e. The highest BCUT2D eigenvalue weighted by atomic mass is 32.1. The van der Waals surface area contributed by atoms with Gasteiger partial charge in [-0.15, -0.1) is 11.3 Å². The van der Waals surface area contributed by atoms with Crippen LogP contribution in [0.3, 0.4) is 0 Å². The van der Waals surface area contributed by atoms with Gasteiger partial charge in [0, 0.05) is 16.8 Å². The molecule has 0 amide bonds. The highest BCUT2D eigenvalue weighted by Crippen LogP contribution is 2.31. The van der Waals surface area contributed by atoms with Gasteiger partial charge >= 0.3 is 0 Å². The SMILES string of the molecule is CC(C)NC(c1ccsc1)c1nc(C(C)(C)C)cs1. The number of aromatic nitrogens is 1. The average molecular weight is 294 g/mol. The summed E-state index contributed by atoms with van der Waals surface area (Å²) in [6.07, 6.45) is 0. The third kappa shape index (κ3) is 3.65. The summed E-state index contributed by atoms with van der Waals surface area (Å²) < 4.78 is 0. The Labute approximate surface area is 123 Å². The molecule has 4 heteroatoms. The fourth-order valence-corrected chi connectivity index (χ4v) is 3.66. The Bertz CT molecular complexity index is 506. The zero-order valence-electron chi connectivity index (χ0n) is 12.2. The first-order valence-electron chi connectivity index (χ1n) is 6.62. The van der Waals surface area contributed by atoms with E-state index in [-0.39, 0.29) is 11.5 Å². The average Bonchev–Trinajstić information content (AvgIpc) is 2.96. The number of nitrogens with one attached hydrogen (secondary N) is 1. The summed E-state index contributed by atoms with van der Waals surface area (Å²) >= 11 is 3.49. The minimum absolute atomic E-state index is 0.117. The maximum atomic E-state index is 4.85. The van der Waals surface area contributed by atoms with Crippen LogP contribution in [-0.4, -0.2) is 11.0 Å². The highest BCUT2D eigenvalue weighted by molar-refractivity contribution is 7.10. The van der Waals surface area contributed by atoms with Gasteiger partial charge in [0.05, 0.1) is 11.7 Å². The number of rotatable bonds is 4. The monoisotopic (exact) mass is 294 g/mol. The molecule has 0 aliphatic heterocycles. The number of hydrogen-bond acceptors (Lipinski definition) is 4. The van der Waals surface area contributed by atoms with E-state index in [1.165, 1.54) is 11.3 Å². The van der Waals surface area contributed by atoms with Crippen molar-refractivity contribution in [3.63, 3.8) is 0 Å². The number of thiazole rings is 1. The molecular formula is C15H22N2S2. The molecule has 0 bridgehead atoms. The first-order valence-corrected chi connectivity index (χ1v) is 8.44. The Kier molecular flexibility index (Phi) is 4.43. The second-order valence-electron chi connectivity index (χ2n) is 6.13. The summed E-state index contributed by atoms with van der Waals surface area (Å²) in [4.78, 5) is 4.85. The van der Waals surface area contributed by atoms with Crippen LogP contribution in [0.2, 0.25) is 0 Å². The molecule has 1 unspecified atom stereocenters. The van der Waals surface area contributed by atoms with Gasteiger partial charge in [-0.3, -0.25) is 0 Å². The van der Waals surface area contributed by atoms with E-state index in [9.17, 15) is 0 Å². The van der Waals surface area contributed by atoms with Gasteiger partial charge in [-0.2, -0.15) is 11.3 Å². The lowest BCUT2D eigenvalue weighted by Crippen LogP contribution is -2.28. The molecule has 0 saturated carbocycles. The number of hydrogen-bond donors (Lipinski definition) is 1. The van der Waals surface area contributed by atoms with Crippen LogP contribution in [0.4, 0.5) is 0 Å². The molecule has 0 aromatic carbocycles. The van der Waals surface area contributed by atoms with Crippen molar-refractivity contribution in [3.8, 4) is 0 Å². The first kappa shape index (κ1) is 14.7. The maximum absolute atomic E-state index is 4.85. The fourth-order valence-electron chi connectivity index (χ4n) is 1.85. The molecule has 2 rings (SSSR count). The standard InChI is InChI=1S/C15H22N2S2/c1-10(2)16-13(11-6-7-18-8-11)14-17-12(9-19-14)15(3,4)5/h6-10,13,16H,1-5H3. The molecule has 2 aromatic heterocycles. The van der Waals surface area contributed by atoms with E-state index in [1.54, 1.807) is 22.7 Å². The second-order valence-corrected chi connectivity index (χ2v) is 7.80. The van der Waals surface area contributed by atoms with E-state index in [1.807, 2.05) is 0 Å². The van der Waals surface area contributed by atoms with E-state index < -0.39 is 0 Å². The fraction of sp³-hybridized carbons (Fsp3) is 0.533. The lowest BCUT2D eigenvalue weighted by atomic mass is 9.93. The van der Waals surface area contributed by atoms with Gasteiger partial charge < -0.3 is 5.32 Å². The van der Waals surface area contributed by atoms with Gasteiger partial charge in [-0.05, 0) is 36.2 Å². The van der Waals surface area contributed by atoms with Crippen LogP contribution in [0, 0.1) is 0 Å². The summed E-state index contributed by atoms with van der Waals surface area (Å²) in [5.41, 5.74) is 2.61. The van der Waals surface area contributed by atoms with Gasteiger partial charge in [-0.25, -0.2) is 4.98 Å². The van der Waals surface area contributed by atoms with Crippen LogP contribution in [0.5, 0.6) is 0 Å². The molecule has 2 aromatic rings. The minimum atomic E-state index is 0.117. The third-order valence-electron chi connectivity index (χ3n) is 2.91. The molecule has 0 aliphatic rings. The summed E-state index contributed by atoms with van der Waals surface area (Å²) in [6.45, 7) is 11.0. The topological polar surface area (TPSA) is 24.9 Å². The third-order valence-corrected chi connectivity index (χ3v) is 4.52. The normalized spacial score (nSPS) is 14.0. The lowest BCUT2D eigenvalue weighted by Gasteiger charge is -2.19. The molecule has 104 valence electrons. The molecular weight excluding hydrogens is 272 g/mol. The maximum Gasteiger partial charge on any atom is 0.114 e. The van der Waals surface area contributed by atoms with Crippen LogP contribution in [0.25, 0.3) is 0 Å². The van der Waals surface area contributed by atoms with Crippen molar-refractivity contribution in [1.82, 2.24) is 10.3 Å². The Morgan fingerprint density at radius 1 is 1.21 bits per heavy atom. The molecule has 1 atom stereocenters. The van der Waals surface area contributed by atoms with Crippen molar-refractivity contribution in [3.05, 3.63) is 38.5 Å². The molecule has 2 heterocycles. The van der Waals surface area contributed by atoms with Gasteiger partial charge in [0.1, 0.15) is 5.01 Å². The number of thiophene rings is 1. The minimum Gasteiger partial charge on any atom is -0.302 e. The predicted octanol–water partition coefficient (Wildman–Crippen LogP) is 4.59. The Hall–Kier alpha value is -0.710. The zero-order valence-corrected chi connectivity index (χ0v) is 13.9. The van der Waals surface area contributed by atoms with Crippen LogP contribution < -0.4 is 5.32 Å². The summed E-state index contributed by atoms with van der Waals surface area (Å²) in [5.74, 6) is 0. The molecule has 0 radical (unpaired) electrons. The van der Waals surface area contributed by atoms with Crippen molar-refractivity contribution in [2.24, 2.45) is 0 Å². The summed E-state index contributed by atoms with van der Waals surface area (Å²) in [7, 11) is 0. The zero-order chi connectivity index (χ0) is 14.0. The van der Waals surface area contributed by atoms with Crippen LogP contribution in [0.15, 0.2) is 22.2 Å². The largest absolute Gasteiger partial charge is 0.302 e. The van der Waals surface area contributed by atoms with Crippen LogP contribution in [-0.2, 0) is 5.41 Å². The Morgan fingerprint density at radius 2 is 1.95 bits per heavy atom. The quantitative estimate of drug-likeness (QED) is 0.892. The predicted molar refractivity (Wildman–Crippen MR) is 85.2 cm³/mol. The molecule has 19 heavy (non-hydrogen) atoms. The van der Waals surface area contributed by atoms with E-state index in [2.05, 4.69) is 62.1 Å². The van der Waals surface area contributed by atoms with Crippen molar-refractivity contribution >= 4 is 22.7 Å². The van der Waals surface area contributed by atoms with Gasteiger partial charge in [0.15, 0.2) is 0 Å². The van der Waals surface area contributed by atoms with Crippen LogP contribution >= 0.6 is 22.7 Å². The van der Waals surface area contributed by atoms with Gasteiger partial charge in [0.2, 0.25) is 0 Å². The van der Waals surface area contributed by atoms with Crippen LogP contribution in [0.1, 0.15) is 56.9 Å². The van der Waals surface area contributed by atoms with E-state index >= 15 is 0 Å². The van der Waals surface area contributed by atoms with Crippen molar-refractivity contribution in [1.29, 1.82) is 0 Å². The van der Waals surface area contributed by atoms with E-state index in [0.29, 0.717) is 6.04 Å². The second kappa shape index (κ2) is 5.73. The molecule has 2 nitrogen and oxygen atoms in total. The molecule has 0 fully saturated rings. The molecule has 0 saturated heterocycles. The number of nitrogens with zero attached hydrogens (tertiary/aromatic N) is 1. The molecule has 0 spiro atoms. The van der Waals surface area contributed by atoms with Crippen molar-refractivity contribution in [2.45, 2.75) is 52.1 Å². The summed E-state index contributed by atoms with van der Waals surface area (Å²) in [5, 5.41) is 11.3. The van der Waals surface area contributed by atoms with Gasteiger partial charge in [0.25, 0.3) is 0 Å². The summed E-state index contributed by atoms with van der Waals surface area (Å²) in [6, 6.07) is 2.84. The Morgan fingerprint density at radius 3 is 2.42 bits per heavy atom. The Balaban J connectivity index is 2.31. The molecule has 0 aliphatic carbocycles. The van der Waals surface area contributed by atoms with Crippen molar-refractivity contribution < 1.29 is 0 Å². The van der Waals surface area contributed by atoms with Gasteiger partial charge in [-0.1, -0.05) is 20.8 Å². The highest BCUT2D eigenvalue weighted by Gasteiger charge is 2.23. The lowest BCUT2D eigenvalue weighted by molar-refractivity contribution is 0.520. The van der Waals surface area contributed by atoms with E-state index in [0.717, 1.165) is 5.01 Å². The van der Waals surface area contributed by atoms with Crippen molar-refractivity contribution in [2.75, 3.05) is 0 Å². The van der Waals surface area contributed by atoms with E-state index in [4.69, 9.17) is 4.98 Å². The first-order chi connectivity index (χ1) is 8.88.